The fourth-order valence-electron chi connectivity index (χ4n) is 1.54. The van der Waals surface area contributed by atoms with Crippen molar-refractivity contribution >= 4 is 11.9 Å². The third kappa shape index (κ3) is 6.56. The number of carboxylic acid groups (broad SMARTS) is 1. The first-order valence-corrected chi connectivity index (χ1v) is 6.35. The Labute approximate surface area is 123 Å². The molecule has 0 radical (unpaired) electrons. The Kier molecular flexibility index (Phi) is 5.91. The number of benzene rings is 1. The summed E-state index contributed by atoms with van der Waals surface area (Å²) >= 11 is 0. The van der Waals surface area contributed by atoms with Crippen LogP contribution in [0.4, 0.5) is 0 Å². The number of hydrogen-bond acceptors (Lipinski definition) is 4. The van der Waals surface area contributed by atoms with Crippen molar-refractivity contribution in [3.05, 3.63) is 35.9 Å². The Hall–Kier alpha value is -2.36. The molecule has 0 fully saturated rings. The van der Waals surface area contributed by atoms with Crippen LogP contribution in [0, 0.1) is 11.8 Å². The van der Waals surface area contributed by atoms with Crippen molar-refractivity contribution in [1.29, 1.82) is 0 Å². The molecule has 0 aliphatic rings. The van der Waals surface area contributed by atoms with Gasteiger partial charge in [-0.3, -0.25) is 9.59 Å². The van der Waals surface area contributed by atoms with Crippen LogP contribution < -0.4 is 11.1 Å². The van der Waals surface area contributed by atoms with Gasteiger partial charge in [-0.25, -0.2) is 0 Å². The zero-order valence-electron chi connectivity index (χ0n) is 11.7. The number of carbonyl (C=O) groups is 2. The Morgan fingerprint density at radius 1 is 1.38 bits per heavy atom. The van der Waals surface area contributed by atoms with Crippen molar-refractivity contribution in [3.8, 4) is 11.8 Å². The lowest BCUT2D eigenvalue weighted by molar-refractivity contribution is -0.141. The van der Waals surface area contributed by atoms with Crippen molar-refractivity contribution in [2.24, 2.45) is 5.73 Å². The second-order valence-corrected chi connectivity index (χ2v) is 4.83. The van der Waals surface area contributed by atoms with Crippen molar-refractivity contribution in [2.45, 2.75) is 25.0 Å². The largest absolute Gasteiger partial charge is 0.480 e. The lowest BCUT2D eigenvalue weighted by Crippen LogP contribution is -2.46. The Bertz CT molecular complexity index is 558. The van der Waals surface area contributed by atoms with Crippen molar-refractivity contribution < 1.29 is 19.8 Å². The molecule has 0 heterocycles. The molecule has 6 nitrogen and oxygen atoms in total. The maximum atomic E-state index is 10.9. The molecule has 0 saturated carbocycles. The predicted molar refractivity (Wildman–Crippen MR) is 77.2 cm³/mol. The molecule has 21 heavy (non-hydrogen) atoms. The van der Waals surface area contributed by atoms with E-state index >= 15 is 0 Å². The Morgan fingerprint density at radius 2 is 2.00 bits per heavy atom. The number of aliphatic hydroxyl groups is 1. The highest BCUT2D eigenvalue weighted by Gasteiger charge is 2.24. The first kappa shape index (κ1) is 16.7. The minimum atomic E-state index is -1.43. The number of carbonyl (C=O) groups excluding carboxylic acids is 1. The number of amides is 1. The van der Waals surface area contributed by atoms with E-state index in [0.29, 0.717) is 0 Å². The van der Waals surface area contributed by atoms with E-state index in [4.69, 9.17) is 10.8 Å². The molecule has 0 spiro atoms. The number of primary amides is 1. The average Bonchev–Trinajstić information content (AvgIpc) is 2.42. The van der Waals surface area contributed by atoms with Gasteiger partial charge in [-0.1, -0.05) is 30.0 Å². The van der Waals surface area contributed by atoms with Crippen LogP contribution in [0.3, 0.4) is 0 Å². The quantitative estimate of drug-likeness (QED) is 0.538. The van der Waals surface area contributed by atoms with Gasteiger partial charge in [0.25, 0.3) is 0 Å². The lowest BCUT2D eigenvalue weighted by atomic mass is 10.1. The number of aliphatic carboxylic acids is 1. The molecule has 0 saturated heterocycles. The summed E-state index contributed by atoms with van der Waals surface area (Å²) < 4.78 is 0. The summed E-state index contributed by atoms with van der Waals surface area (Å²) in [5.74, 6) is 3.52. The lowest BCUT2D eigenvalue weighted by Gasteiger charge is -2.20. The molecule has 1 amide bonds. The minimum absolute atomic E-state index is 0.100. The molecule has 5 N–H and O–H groups in total. The van der Waals surface area contributed by atoms with Gasteiger partial charge in [-0.2, -0.15) is 0 Å². The third-order valence-corrected chi connectivity index (χ3v) is 2.65. The van der Waals surface area contributed by atoms with Gasteiger partial charge in [0, 0.05) is 12.1 Å². The van der Waals surface area contributed by atoms with Gasteiger partial charge in [0.15, 0.2) is 0 Å². The zero-order valence-corrected chi connectivity index (χ0v) is 11.7. The average molecular weight is 290 g/mol. The molecule has 0 unspecified atom stereocenters. The van der Waals surface area contributed by atoms with Crippen molar-refractivity contribution in [3.63, 3.8) is 0 Å². The fourth-order valence-corrected chi connectivity index (χ4v) is 1.54. The standard InChI is InChI=1S/C15H18N2O4/c1-15(21,8-7-11-5-3-2-4-6-11)10-17-12(14(19)20)9-13(16)18/h2-6,12,17,21H,9-10H2,1H3,(H2,16,18)(H,19,20)/t12-,15-/m1/s1. The summed E-state index contributed by atoms with van der Waals surface area (Å²) in [4.78, 5) is 21.7. The van der Waals surface area contributed by atoms with Gasteiger partial charge in [-0.05, 0) is 19.1 Å². The van der Waals surface area contributed by atoms with Gasteiger partial charge < -0.3 is 21.3 Å². The number of nitrogens with two attached hydrogens (primary N) is 1. The third-order valence-electron chi connectivity index (χ3n) is 2.65. The molecule has 0 aliphatic heterocycles. The maximum absolute atomic E-state index is 10.9. The van der Waals surface area contributed by atoms with E-state index in [9.17, 15) is 14.7 Å². The van der Waals surface area contributed by atoms with Crippen molar-refractivity contribution in [2.75, 3.05) is 6.54 Å². The van der Waals surface area contributed by atoms with Crippen LogP contribution >= 0.6 is 0 Å². The van der Waals surface area contributed by atoms with Gasteiger partial charge in [0.2, 0.25) is 5.91 Å². The van der Waals surface area contributed by atoms with E-state index in [1.807, 2.05) is 18.2 Å². The summed E-state index contributed by atoms with van der Waals surface area (Å²) in [5.41, 5.74) is 4.28. The topological polar surface area (TPSA) is 113 Å². The SMILES string of the molecule is C[C@@](O)(C#Cc1ccccc1)CN[C@H](CC(N)=O)C(=O)O. The van der Waals surface area contributed by atoms with Crippen LogP contribution in [0.2, 0.25) is 0 Å². The van der Waals surface area contributed by atoms with E-state index in [2.05, 4.69) is 17.2 Å². The second kappa shape index (κ2) is 7.43. The molecule has 1 aromatic carbocycles. The number of rotatable bonds is 6. The van der Waals surface area contributed by atoms with E-state index < -0.39 is 23.5 Å². The number of nitrogens with one attached hydrogen (secondary N) is 1. The summed E-state index contributed by atoms with van der Waals surface area (Å²) in [6.45, 7) is 1.36. The molecule has 2 atom stereocenters. The van der Waals surface area contributed by atoms with Crippen LogP contribution in [0.15, 0.2) is 30.3 Å². The van der Waals surface area contributed by atoms with Crippen LogP contribution in [0.1, 0.15) is 18.9 Å². The van der Waals surface area contributed by atoms with E-state index in [1.165, 1.54) is 6.92 Å². The van der Waals surface area contributed by atoms with Crippen LogP contribution in [0.5, 0.6) is 0 Å². The molecule has 1 rings (SSSR count). The summed E-state index contributed by atoms with van der Waals surface area (Å²) in [6, 6.07) is 7.95. The van der Waals surface area contributed by atoms with Gasteiger partial charge in [0.1, 0.15) is 11.6 Å². The Balaban J connectivity index is 2.65. The second-order valence-electron chi connectivity index (χ2n) is 4.83. The van der Waals surface area contributed by atoms with E-state index in [-0.39, 0.29) is 13.0 Å². The zero-order chi connectivity index (χ0) is 15.9. The molecule has 1 aromatic rings. The highest BCUT2D eigenvalue weighted by atomic mass is 16.4. The molecule has 112 valence electrons. The molecular weight excluding hydrogens is 272 g/mol. The van der Waals surface area contributed by atoms with E-state index in [0.717, 1.165) is 5.56 Å². The fraction of sp³-hybridized carbons (Fsp3) is 0.333. The van der Waals surface area contributed by atoms with Crippen LogP contribution in [-0.4, -0.2) is 40.3 Å². The van der Waals surface area contributed by atoms with Gasteiger partial charge in [0.05, 0.1) is 6.42 Å². The maximum Gasteiger partial charge on any atom is 0.321 e. The van der Waals surface area contributed by atoms with Crippen LogP contribution in [-0.2, 0) is 9.59 Å². The molecular formula is C15H18N2O4. The molecule has 6 heteroatoms. The number of hydrogen-bond donors (Lipinski definition) is 4. The first-order chi connectivity index (χ1) is 9.80. The minimum Gasteiger partial charge on any atom is -0.480 e. The van der Waals surface area contributed by atoms with E-state index in [1.54, 1.807) is 12.1 Å². The van der Waals surface area contributed by atoms with Crippen LogP contribution in [0.25, 0.3) is 0 Å². The van der Waals surface area contributed by atoms with Gasteiger partial charge >= 0.3 is 5.97 Å². The normalized spacial score (nSPS) is 14.4. The smallest absolute Gasteiger partial charge is 0.321 e. The summed E-state index contributed by atoms with van der Waals surface area (Å²) in [7, 11) is 0. The molecule has 0 aliphatic carbocycles. The molecule has 0 aromatic heterocycles. The van der Waals surface area contributed by atoms with Crippen molar-refractivity contribution in [1.82, 2.24) is 5.32 Å². The van der Waals surface area contributed by atoms with Gasteiger partial charge in [-0.15, -0.1) is 0 Å². The highest BCUT2D eigenvalue weighted by Crippen LogP contribution is 2.03. The highest BCUT2D eigenvalue weighted by molar-refractivity contribution is 5.83. The molecule has 0 bridgehead atoms. The predicted octanol–water partition coefficient (Wildman–Crippen LogP) is -0.293. The number of carboxylic acids is 1. The summed E-state index contributed by atoms with van der Waals surface area (Å²) in [6.07, 6.45) is -0.350. The summed E-state index contributed by atoms with van der Waals surface area (Å²) in [5, 5.41) is 21.6. The first-order valence-electron chi connectivity index (χ1n) is 6.35. The Morgan fingerprint density at radius 3 is 2.52 bits per heavy atom. The monoisotopic (exact) mass is 290 g/mol.